The minimum absolute atomic E-state index is 0.217. The quantitative estimate of drug-likeness (QED) is 0.870. The van der Waals surface area contributed by atoms with Gasteiger partial charge in [0.1, 0.15) is 5.75 Å². The van der Waals surface area contributed by atoms with Crippen LogP contribution in [0.5, 0.6) is 5.75 Å². The number of hydrogen-bond donors (Lipinski definition) is 2. The van der Waals surface area contributed by atoms with Gasteiger partial charge < -0.3 is 20.1 Å². The lowest BCUT2D eigenvalue weighted by Gasteiger charge is -2.32. The summed E-state index contributed by atoms with van der Waals surface area (Å²) in [4.78, 5) is 2.43. The molecule has 0 bridgehead atoms. The standard InChI is InChI=1S/C17H28N2O2/c1-12-9-15(21-4)10-13(2)16(12)17(20)14(3)11-19-7-5-18-6-8-19/h9-10,14,17-18,20H,5-8,11H2,1-4H3. The highest BCUT2D eigenvalue weighted by Crippen LogP contribution is 2.31. The molecule has 0 aromatic heterocycles. The number of methoxy groups -OCH3 is 1. The normalized spacial score (nSPS) is 19.3. The van der Waals surface area contributed by atoms with Gasteiger partial charge in [-0.1, -0.05) is 6.92 Å². The fourth-order valence-electron chi connectivity index (χ4n) is 3.20. The molecule has 1 aromatic rings. The molecule has 1 aromatic carbocycles. The zero-order chi connectivity index (χ0) is 15.4. The molecule has 0 radical (unpaired) electrons. The van der Waals surface area contributed by atoms with E-state index in [1.165, 1.54) is 0 Å². The molecule has 1 saturated heterocycles. The first-order valence-electron chi connectivity index (χ1n) is 7.79. The maximum absolute atomic E-state index is 10.8. The molecule has 2 rings (SSSR count). The van der Waals surface area contributed by atoms with E-state index >= 15 is 0 Å². The first-order valence-corrected chi connectivity index (χ1v) is 7.79. The van der Waals surface area contributed by atoms with Crippen LogP contribution in [0.4, 0.5) is 0 Å². The maximum atomic E-state index is 10.8. The number of aliphatic hydroxyl groups is 1. The molecule has 2 unspecified atom stereocenters. The average Bonchev–Trinajstić information content (AvgIpc) is 2.47. The number of hydrogen-bond acceptors (Lipinski definition) is 4. The summed E-state index contributed by atoms with van der Waals surface area (Å²) in [6.45, 7) is 11.4. The first-order chi connectivity index (χ1) is 10.0. The number of nitrogens with one attached hydrogen (secondary N) is 1. The molecule has 1 aliphatic rings. The number of aliphatic hydroxyl groups excluding tert-OH is 1. The van der Waals surface area contributed by atoms with E-state index in [0.717, 1.165) is 55.2 Å². The number of benzene rings is 1. The van der Waals surface area contributed by atoms with Gasteiger partial charge in [0, 0.05) is 32.7 Å². The Morgan fingerprint density at radius 3 is 2.33 bits per heavy atom. The SMILES string of the molecule is COc1cc(C)c(C(O)C(C)CN2CCNCC2)c(C)c1. The van der Waals surface area contributed by atoms with Gasteiger partial charge in [0.15, 0.2) is 0 Å². The summed E-state index contributed by atoms with van der Waals surface area (Å²) < 4.78 is 5.30. The van der Waals surface area contributed by atoms with Crippen LogP contribution in [0.3, 0.4) is 0 Å². The zero-order valence-corrected chi connectivity index (χ0v) is 13.6. The van der Waals surface area contributed by atoms with Crippen molar-refractivity contribution in [1.29, 1.82) is 0 Å². The third-order valence-electron chi connectivity index (χ3n) is 4.39. The fraction of sp³-hybridized carbons (Fsp3) is 0.647. The van der Waals surface area contributed by atoms with E-state index in [1.807, 2.05) is 26.0 Å². The lowest BCUT2D eigenvalue weighted by molar-refractivity contribution is 0.0832. The van der Waals surface area contributed by atoms with Crippen molar-refractivity contribution in [2.45, 2.75) is 26.9 Å². The molecule has 0 spiro atoms. The molecule has 0 amide bonds. The molecule has 0 aliphatic carbocycles. The Morgan fingerprint density at radius 1 is 1.24 bits per heavy atom. The number of piperazine rings is 1. The van der Waals surface area contributed by atoms with Gasteiger partial charge in [-0.05, 0) is 48.6 Å². The molecule has 4 nitrogen and oxygen atoms in total. The van der Waals surface area contributed by atoms with Gasteiger partial charge in [0.25, 0.3) is 0 Å². The molecule has 2 N–H and O–H groups in total. The Kier molecular flexibility index (Phi) is 5.62. The van der Waals surface area contributed by atoms with Gasteiger partial charge >= 0.3 is 0 Å². The Hall–Kier alpha value is -1.10. The zero-order valence-electron chi connectivity index (χ0n) is 13.6. The molecule has 21 heavy (non-hydrogen) atoms. The van der Waals surface area contributed by atoms with Crippen LogP contribution in [0.2, 0.25) is 0 Å². The summed E-state index contributed by atoms with van der Waals surface area (Å²) in [5.41, 5.74) is 3.26. The summed E-state index contributed by atoms with van der Waals surface area (Å²) in [5.74, 6) is 1.07. The van der Waals surface area contributed by atoms with Gasteiger partial charge in [-0.15, -0.1) is 0 Å². The van der Waals surface area contributed by atoms with Crippen molar-refractivity contribution >= 4 is 0 Å². The van der Waals surface area contributed by atoms with Crippen LogP contribution in [0, 0.1) is 19.8 Å². The second-order valence-electron chi connectivity index (χ2n) is 6.15. The highest BCUT2D eigenvalue weighted by Gasteiger charge is 2.23. The summed E-state index contributed by atoms with van der Waals surface area (Å²) >= 11 is 0. The molecule has 1 heterocycles. The monoisotopic (exact) mass is 292 g/mol. The molecule has 2 atom stereocenters. The van der Waals surface area contributed by atoms with Crippen LogP contribution in [0.25, 0.3) is 0 Å². The minimum atomic E-state index is -0.425. The molecule has 118 valence electrons. The van der Waals surface area contributed by atoms with E-state index in [9.17, 15) is 5.11 Å². The number of ether oxygens (including phenoxy) is 1. The maximum Gasteiger partial charge on any atom is 0.119 e. The van der Waals surface area contributed by atoms with Gasteiger partial charge in [-0.3, -0.25) is 0 Å². The third kappa shape index (κ3) is 3.96. The Morgan fingerprint density at radius 2 is 1.81 bits per heavy atom. The van der Waals surface area contributed by atoms with Crippen LogP contribution >= 0.6 is 0 Å². The Bertz CT molecular complexity index is 447. The summed E-state index contributed by atoms with van der Waals surface area (Å²) in [7, 11) is 1.68. The van der Waals surface area contributed by atoms with Crippen LogP contribution < -0.4 is 10.1 Å². The molecule has 4 heteroatoms. The van der Waals surface area contributed by atoms with Crippen molar-refractivity contribution in [3.05, 3.63) is 28.8 Å². The van der Waals surface area contributed by atoms with Gasteiger partial charge in [-0.25, -0.2) is 0 Å². The predicted molar refractivity (Wildman–Crippen MR) is 85.9 cm³/mol. The van der Waals surface area contributed by atoms with Crippen molar-refractivity contribution in [2.75, 3.05) is 39.8 Å². The highest BCUT2D eigenvalue weighted by atomic mass is 16.5. The first kappa shape index (κ1) is 16.3. The summed E-state index contributed by atoms with van der Waals surface area (Å²) in [5, 5.41) is 14.1. The van der Waals surface area contributed by atoms with Crippen molar-refractivity contribution in [1.82, 2.24) is 10.2 Å². The van der Waals surface area contributed by atoms with Crippen LogP contribution in [-0.2, 0) is 0 Å². The topological polar surface area (TPSA) is 44.7 Å². The van der Waals surface area contributed by atoms with E-state index in [2.05, 4.69) is 17.1 Å². The number of aryl methyl sites for hydroxylation is 2. The fourth-order valence-corrected chi connectivity index (χ4v) is 3.20. The van der Waals surface area contributed by atoms with Gasteiger partial charge in [-0.2, -0.15) is 0 Å². The van der Waals surface area contributed by atoms with E-state index in [0.29, 0.717) is 0 Å². The smallest absolute Gasteiger partial charge is 0.119 e. The molecule has 0 saturated carbocycles. The third-order valence-corrected chi connectivity index (χ3v) is 4.39. The Balaban J connectivity index is 2.09. The lowest BCUT2D eigenvalue weighted by atomic mass is 9.90. The van der Waals surface area contributed by atoms with Gasteiger partial charge in [0.05, 0.1) is 13.2 Å². The molecular formula is C17H28N2O2. The predicted octanol–water partition coefficient (Wildman–Crippen LogP) is 1.89. The van der Waals surface area contributed by atoms with E-state index in [1.54, 1.807) is 7.11 Å². The summed E-state index contributed by atoms with van der Waals surface area (Å²) in [6, 6.07) is 4.01. The minimum Gasteiger partial charge on any atom is -0.497 e. The van der Waals surface area contributed by atoms with E-state index < -0.39 is 6.10 Å². The van der Waals surface area contributed by atoms with Crippen LogP contribution in [-0.4, -0.2) is 49.8 Å². The molecule has 1 fully saturated rings. The number of rotatable bonds is 5. The molecular weight excluding hydrogens is 264 g/mol. The van der Waals surface area contributed by atoms with E-state index in [-0.39, 0.29) is 5.92 Å². The second-order valence-corrected chi connectivity index (χ2v) is 6.15. The average molecular weight is 292 g/mol. The van der Waals surface area contributed by atoms with Gasteiger partial charge in [0.2, 0.25) is 0 Å². The van der Waals surface area contributed by atoms with Crippen molar-refractivity contribution in [3.8, 4) is 5.75 Å². The molecule has 1 aliphatic heterocycles. The van der Waals surface area contributed by atoms with Crippen molar-refractivity contribution in [3.63, 3.8) is 0 Å². The van der Waals surface area contributed by atoms with E-state index in [4.69, 9.17) is 4.74 Å². The largest absolute Gasteiger partial charge is 0.497 e. The van der Waals surface area contributed by atoms with Crippen LogP contribution in [0.1, 0.15) is 29.7 Å². The van der Waals surface area contributed by atoms with Crippen molar-refractivity contribution < 1.29 is 9.84 Å². The second kappa shape index (κ2) is 7.25. The highest BCUT2D eigenvalue weighted by molar-refractivity contribution is 5.42. The summed E-state index contributed by atoms with van der Waals surface area (Å²) in [6.07, 6.45) is -0.425. The Labute approximate surface area is 128 Å². The van der Waals surface area contributed by atoms with Crippen molar-refractivity contribution in [2.24, 2.45) is 5.92 Å². The van der Waals surface area contributed by atoms with Crippen LogP contribution in [0.15, 0.2) is 12.1 Å². The lowest BCUT2D eigenvalue weighted by Crippen LogP contribution is -2.45. The number of nitrogens with zero attached hydrogens (tertiary/aromatic N) is 1.